The van der Waals surface area contributed by atoms with E-state index in [1.807, 2.05) is 0 Å². The SMILES string of the molecule is COC1CC(C(=O)O)N(C(=O)CS(=O)(=O)C(C)(C)C)C1. The minimum atomic E-state index is -3.63. The van der Waals surface area contributed by atoms with Gasteiger partial charge in [0.05, 0.1) is 10.9 Å². The van der Waals surface area contributed by atoms with Crippen LogP contribution in [0.5, 0.6) is 0 Å². The number of carboxylic acid groups (broad SMARTS) is 1. The van der Waals surface area contributed by atoms with Crippen molar-refractivity contribution in [2.24, 2.45) is 0 Å². The van der Waals surface area contributed by atoms with Crippen molar-refractivity contribution in [2.45, 2.75) is 44.1 Å². The molecule has 1 saturated heterocycles. The zero-order valence-electron chi connectivity index (χ0n) is 12.1. The molecule has 0 bridgehead atoms. The molecular weight excluding hydrogens is 286 g/mol. The van der Waals surface area contributed by atoms with Crippen LogP contribution in [0.3, 0.4) is 0 Å². The van der Waals surface area contributed by atoms with Crippen LogP contribution in [0.2, 0.25) is 0 Å². The molecule has 7 nitrogen and oxygen atoms in total. The molecule has 0 aromatic carbocycles. The molecule has 0 radical (unpaired) electrons. The molecule has 0 saturated carbocycles. The van der Waals surface area contributed by atoms with Gasteiger partial charge < -0.3 is 14.7 Å². The first-order valence-corrected chi connectivity index (χ1v) is 7.92. The van der Waals surface area contributed by atoms with Crippen LogP contribution in [0.4, 0.5) is 0 Å². The van der Waals surface area contributed by atoms with E-state index < -0.39 is 38.3 Å². The molecule has 1 aliphatic rings. The van der Waals surface area contributed by atoms with Crippen LogP contribution in [0, 0.1) is 0 Å². The molecule has 0 aromatic rings. The minimum absolute atomic E-state index is 0.103. The van der Waals surface area contributed by atoms with Gasteiger partial charge in [0.15, 0.2) is 9.84 Å². The number of hydrogen-bond acceptors (Lipinski definition) is 5. The second-order valence-electron chi connectivity index (χ2n) is 5.87. The number of rotatable bonds is 4. The van der Waals surface area contributed by atoms with Gasteiger partial charge in [0.1, 0.15) is 11.8 Å². The highest BCUT2D eigenvalue weighted by molar-refractivity contribution is 7.93. The van der Waals surface area contributed by atoms with Crippen molar-refractivity contribution in [3.8, 4) is 0 Å². The van der Waals surface area contributed by atoms with E-state index >= 15 is 0 Å². The van der Waals surface area contributed by atoms with Crippen LogP contribution < -0.4 is 0 Å². The first-order chi connectivity index (χ1) is 8.99. The van der Waals surface area contributed by atoms with Crippen LogP contribution >= 0.6 is 0 Å². The Morgan fingerprint density at radius 2 is 1.90 bits per heavy atom. The topological polar surface area (TPSA) is 101 Å². The molecule has 1 N–H and O–H groups in total. The Hall–Kier alpha value is -1.15. The van der Waals surface area contributed by atoms with Crippen molar-refractivity contribution in [3.05, 3.63) is 0 Å². The van der Waals surface area contributed by atoms with Crippen LogP contribution in [-0.4, -0.2) is 66.6 Å². The third-order valence-corrected chi connectivity index (χ3v) is 5.94. The summed E-state index contributed by atoms with van der Waals surface area (Å²) >= 11 is 0. The molecule has 1 fully saturated rings. The van der Waals surface area contributed by atoms with Gasteiger partial charge in [-0.3, -0.25) is 4.79 Å². The third kappa shape index (κ3) is 3.49. The number of nitrogens with zero attached hydrogens (tertiary/aromatic N) is 1. The Balaban J connectivity index is 2.89. The molecule has 1 rings (SSSR count). The lowest BCUT2D eigenvalue weighted by Gasteiger charge is -2.24. The fraction of sp³-hybridized carbons (Fsp3) is 0.833. The van der Waals surface area contributed by atoms with Gasteiger partial charge in [-0.05, 0) is 20.8 Å². The summed E-state index contributed by atoms with van der Waals surface area (Å²) in [7, 11) is -2.20. The number of hydrogen-bond donors (Lipinski definition) is 1. The van der Waals surface area contributed by atoms with E-state index in [2.05, 4.69) is 0 Å². The number of aliphatic carboxylic acids is 1. The molecule has 1 heterocycles. The van der Waals surface area contributed by atoms with Crippen LogP contribution in [0.25, 0.3) is 0 Å². The fourth-order valence-electron chi connectivity index (χ4n) is 1.94. The van der Waals surface area contributed by atoms with Crippen molar-refractivity contribution in [2.75, 3.05) is 19.4 Å². The number of amides is 1. The summed E-state index contributed by atoms with van der Waals surface area (Å²) in [6.07, 6.45) is -0.204. The number of methoxy groups -OCH3 is 1. The highest BCUT2D eigenvalue weighted by Crippen LogP contribution is 2.23. The smallest absolute Gasteiger partial charge is 0.326 e. The van der Waals surface area contributed by atoms with E-state index in [0.717, 1.165) is 4.90 Å². The van der Waals surface area contributed by atoms with Crippen molar-refractivity contribution in [1.29, 1.82) is 0 Å². The first kappa shape index (κ1) is 16.9. The average Bonchev–Trinajstić information content (AvgIpc) is 2.70. The molecule has 116 valence electrons. The second kappa shape index (κ2) is 5.69. The maximum Gasteiger partial charge on any atom is 0.326 e. The summed E-state index contributed by atoms with van der Waals surface area (Å²) < 4.78 is 28.1. The second-order valence-corrected chi connectivity index (χ2v) is 8.61. The van der Waals surface area contributed by atoms with Gasteiger partial charge in [0.2, 0.25) is 5.91 Å². The zero-order chi connectivity index (χ0) is 15.7. The van der Waals surface area contributed by atoms with Gasteiger partial charge >= 0.3 is 5.97 Å². The Morgan fingerprint density at radius 1 is 1.35 bits per heavy atom. The van der Waals surface area contributed by atoms with Crippen LogP contribution in [0.1, 0.15) is 27.2 Å². The normalized spacial score (nSPS) is 23.9. The lowest BCUT2D eigenvalue weighted by molar-refractivity contribution is -0.147. The lowest BCUT2D eigenvalue weighted by atomic mass is 10.2. The Labute approximate surface area is 118 Å². The molecule has 0 spiro atoms. The van der Waals surface area contributed by atoms with E-state index in [9.17, 15) is 18.0 Å². The third-order valence-electron chi connectivity index (χ3n) is 3.45. The summed E-state index contributed by atoms with van der Waals surface area (Å²) in [6.45, 7) is 4.62. The molecule has 2 atom stereocenters. The van der Waals surface area contributed by atoms with Gasteiger partial charge in [-0.25, -0.2) is 13.2 Å². The van der Waals surface area contributed by atoms with Gasteiger partial charge in [-0.15, -0.1) is 0 Å². The molecule has 1 amide bonds. The first-order valence-electron chi connectivity index (χ1n) is 6.27. The molecule has 0 aliphatic carbocycles. The standard InChI is InChI=1S/C12H21NO6S/c1-12(2,3)20(17,18)7-10(14)13-6-8(19-4)5-9(13)11(15)16/h8-9H,5-7H2,1-4H3,(H,15,16). The van der Waals surface area contributed by atoms with Gasteiger partial charge in [0.25, 0.3) is 0 Å². The molecular formula is C12H21NO6S. The number of ether oxygens (including phenoxy) is 1. The Kier molecular flexibility index (Phi) is 4.81. The van der Waals surface area contributed by atoms with E-state index in [1.165, 1.54) is 27.9 Å². The molecule has 20 heavy (non-hydrogen) atoms. The quantitative estimate of drug-likeness (QED) is 0.778. The number of sulfone groups is 1. The molecule has 1 aliphatic heterocycles. The number of carboxylic acids is 1. The number of carbonyl (C=O) groups is 2. The van der Waals surface area contributed by atoms with E-state index in [-0.39, 0.29) is 19.1 Å². The maximum absolute atomic E-state index is 12.1. The summed E-state index contributed by atoms with van der Waals surface area (Å²) in [5.41, 5.74) is 0. The predicted molar refractivity (Wildman–Crippen MR) is 72.1 cm³/mol. The molecule has 0 aromatic heterocycles. The van der Waals surface area contributed by atoms with E-state index in [1.54, 1.807) is 0 Å². The fourth-order valence-corrected chi connectivity index (χ4v) is 2.86. The summed E-state index contributed by atoms with van der Waals surface area (Å²) in [6, 6.07) is -1.03. The van der Waals surface area contributed by atoms with Crippen molar-refractivity contribution < 1.29 is 27.9 Å². The largest absolute Gasteiger partial charge is 0.480 e. The molecule has 2 unspecified atom stereocenters. The monoisotopic (exact) mass is 307 g/mol. The van der Waals surface area contributed by atoms with Gasteiger partial charge in [-0.2, -0.15) is 0 Å². The highest BCUT2D eigenvalue weighted by Gasteiger charge is 2.42. The highest BCUT2D eigenvalue weighted by atomic mass is 32.2. The Bertz CT molecular complexity index is 493. The van der Waals surface area contributed by atoms with E-state index in [0.29, 0.717) is 0 Å². The van der Waals surface area contributed by atoms with Crippen molar-refractivity contribution in [3.63, 3.8) is 0 Å². The summed E-state index contributed by atoms with van der Waals surface area (Å²) in [5.74, 6) is -2.52. The Morgan fingerprint density at radius 3 is 2.30 bits per heavy atom. The van der Waals surface area contributed by atoms with Crippen molar-refractivity contribution in [1.82, 2.24) is 4.90 Å². The summed E-state index contributed by atoms with van der Waals surface area (Å²) in [4.78, 5) is 24.3. The van der Waals surface area contributed by atoms with Gasteiger partial charge in [0, 0.05) is 20.1 Å². The number of likely N-dealkylation sites (tertiary alicyclic amines) is 1. The average molecular weight is 307 g/mol. The maximum atomic E-state index is 12.1. The van der Waals surface area contributed by atoms with Crippen molar-refractivity contribution >= 4 is 21.7 Å². The van der Waals surface area contributed by atoms with Gasteiger partial charge in [-0.1, -0.05) is 0 Å². The minimum Gasteiger partial charge on any atom is -0.480 e. The molecule has 8 heteroatoms. The lowest BCUT2D eigenvalue weighted by Crippen LogP contribution is -2.45. The zero-order valence-corrected chi connectivity index (χ0v) is 12.9. The van der Waals surface area contributed by atoms with Crippen LogP contribution in [0.15, 0.2) is 0 Å². The van der Waals surface area contributed by atoms with E-state index in [4.69, 9.17) is 9.84 Å². The predicted octanol–water partition coefficient (Wildman–Crippen LogP) is -0.0998. The van der Waals surface area contributed by atoms with Crippen LogP contribution in [-0.2, 0) is 24.2 Å². The number of carbonyl (C=O) groups excluding carboxylic acids is 1. The summed E-state index contributed by atoms with van der Waals surface area (Å²) in [5, 5.41) is 9.11.